The first-order chi connectivity index (χ1) is 10.9. The number of rotatable bonds is 4. The predicted molar refractivity (Wildman–Crippen MR) is 87.2 cm³/mol. The Morgan fingerprint density at radius 2 is 1.83 bits per heavy atom. The molecule has 2 heterocycles. The largest absolute Gasteiger partial charge is 0.340 e. The van der Waals surface area contributed by atoms with Crippen LogP contribution in [0.1, 0.15) is 11.7 Å². The Balaban J connectivity index is 1.62. The van der Waals surface area contributed by atoms with Crippen LogP contribution in [-0.4, -0.2) is 53.9 Å². The van der Waals surface area contributed by atoms with E-state index in [4.69, 9.17) is 4.52 Å². The van der Waals surface area contributed by atoms with Crippen LogP contribution in [-0.2, 0) is 16.6 Å². The Morgan fingerprint density at radius 3 is 2.39 bits per heavy atom. The Labute approximate surface area is 143 Å². The van der Waals surface area contributed by atoms with Crippen molar-refractivity contribution in [1.29, 1.82) is 0 Å². The first-order valence-electron chi connectivity index (χ1n) is 7.22. The van der Waals surface area contributed by atoms with Crippen LogP contribution in [0.25, 0.3) is 0 Å². The molecule has 1 aliphatic rings. The number of benzene rings is 1. The van der Waals surface area contributed by atoms with E-state index in [1.807, 2.05) is 0 Å². The molecule has 1 fully saturated rings. The zero-order valence-electron chi connectivity index (χ0n) is 12.6. The lowest BCUT2D eigenvalue weighted by Gasteiger charge is -2.33. The van der Waals surface area contributed by atoms with Gasteiger partial charge in [0.25, 0.3) is 0 Å². The number of hydrogen-bond donors (Lipinski definition) is 0. The van der Waals surface area contributed by atoms with E-state index in [9.17, 15) is 8.42 Å². The summed E-state index contributed by atoms with van der Waals surface area (Å²) in [6.45, 7) is 4.51. The Morgan fingerprint density at radius 1 is 1.17 bits per heavy atom. The van der Waals surface area contributed by atoms with Gasteiger partial charge in [0.05, 0.1) is 11.4 Å². The highest BCUT2D eigenvalue weighted by Crippen LogP contribution is 2.20. The van der Waals surface area contributed by atoms with E-state index in [2.05, 4.69) is 31.0 Å². The van der Waals surface area contributed by atoms with Crippen LogP contribution in [0.3, 0.4) is 0 Å². The second-order valence-corrected chi connectivity index (χ2v) is 8.22. The number of aromatic nitrogens is 2. The summed E-state index contributed by atoms with van der Waals surface area (Å²) < 4.78 is 32.6. The minimum absolute atomic E-state index is 0.322. The summed E-state index contributed by atoms with van der Waals surface area (Å²) in [5.74, 6) is 1.17. The molecule has 1 aliphatic heterocycles. The zero-order valence-corrected chi connectivity index (χ0v) is 15.0. The highest BCUT2D eigenvalue weighted by molar-refractivity contribution is 9.10. The van der Waals surface area contributed by atoms with E-state index in [-0.39, 0.29) is 0 Å². The van der Waals surface area contributed by atoms with E-state index in [1.165, 1.54) is 4.31 Å². The van der Waals surface area contributed by atoms with E-state index >= 15 is 0 Å². The number of aryl methyl sites for hydroxylation is 1. The van der Waals surface area contributed by atoms with Gasteiger partial charge in [-0.3, -0.25) is 4.90 Å². The molecule has 0 atom stereocenters. The van der Waals surface area contributed by atoms with Gasteiger partial charge in [0.15, 0.2) is 5.82 Å². The third-order valence-electron chi connectivity index (χ3n) is 3.72. The van der Waals surface area contributed by atoms with E-state index in [0.29, 0.717) is 49.3 Å². The normalized spacial score (nSPS) is 17.5. The van der Waals surface area contributed by atoms with Gasteiger partial charge in [-0.1, -0.05) is 21.1 Å². The third kappa shape index (κ3) is 3.79. The first-order valence-corrected chi connectivity index (χ1v) is 9.46. The Hall–Kier alpha value is -1.29. The molecular formula is C14H17BrN4O3S. The van der Waals surface area contributed by atoms with Crippen molar-refractivity contribution in [3.8, 4) is 0 Å². The molecule has 3 rings (SSSR count). The molecule has 2 aromatic rings. The molecule has 23 heavy (non-hydrogen) atoms. The molecule has 1 aromatic heterocycles. The highest BCUT2D eigenvalue weighted by atomic mass is 79.9. The van der Waals surface area contributed by atoms with Gasteiger partial charge in [-0.15, -0.1) is 0 Å². The average Bonchev–Trinajstić information content (AvgIpc) is 2.93. The van der Waals surface area contributed by atoms with E-state index < -0.39 is 10.0 Å². The number of hydrogen-bond acceptors (Lipinski definition) is 6. The Bertz CT molecular complexity index is 768. The average molecular weight is 401 g/mol. The van der Waals surface area contributed by atoms with Crippen LogP contribution in [0.4, 0.5) is 0 Å². The molecule has 0 amide bonds. The minimum atomic E-state index is -3.43. The standard InChI is InChI=1S/C14H17BrN4O3S/c1-11-16-14(17-22-11)10-18-6-8-19(9-7-18)23(20,21)13-4-2-12(15)3-5-13/h2-5H,6-10H2,1H3. The van der Waals surface area contributed by atoms with Crippen LogP contribution in [0, 0.1) is 6.92 Å². The maximum atomic E-state index is 12.6. The summed E-state index contributed by atoms with van der Waals surface area (Å²) in [7, 11) is -3.43. The predicted octanol–water partition coefficient (Wildman–Crippen LogP) is 1.65. The van der Waals surface area contributed by atoms with Crippen LogP contribution >= 0.6 is 15.9 Å². The molecule has 7 nitrogen and oxygen atoms in total. The number of sulfonamides is 1. The van der Waals surface area contributed by atoms with Gasteiger partial charge in [-0.05, 0) is 24.3 Å². The number of halogens is 1. The SMILES string of the molecule is Cc1nc(CN2CCN(S(=O)(=O)c3ccc(Br)cc3)CC2)no1. The van der Waals surface area contributed by atoms with Crippen molar-refractivity contribution < 1.29 is 12.9 Å². The first kappa shape index (κ1) is 16.6. The minimum Gasteiger partial charge on any atom is -0.340 e. The molecule has 1 saturated heterocycles. The fourth-order valence-electron chi connectivity index (χ4n) is 2.49. The lowest BCUT2D eigenvalue weighted by atomic mass is 10.3. The molecule has 0 aliphatic carbocycles. The van der Waals surface area contributed by atoms with Gasteiger partial charge in [-0.25, -0.2) is 8.42 Å². The summed E-state index contributed by atoms with van der Waals surface area (Å²) in [5, 5.41) is 3.87. The molecular weight excluding hydrogens is 384 g/mol. The lowest BCUT2D eigenvalue weighted by Crippen LogP contribution is -2.48. The molecule has 0 unspecified atom stereocenters. The third-order valence-corrected chi connectivity index (χ3v) is 6.16. The van der Waals surface area contributed by atoms with Gasteiger partial charge < -0.3 is 4.52 Å². The van der Waals surface area contributed by atoms with Gasteiger partial charge in [0, 0.05) is 37.6 Å². The summed E-state index contributed by atoms with van der Waals surface area (Å²) in [6, 6.07) is 6.71. The summed E-state index contributed by atoms with van der Waals surface area (Å²) in [5.41, 5.74) is 0. The van der Waals surface area contributed by atoms with Crippen molar-refractivity contribution in [2.45, 2.75) is 18.4 Å². The van der Waals surface area contributed by atoms with Crippen LogP contribution in [0.15, 0.2) is 38.2 Å². The van der Waals surface area contributed by atoms with Crippen molar-refractivity contribution in [1.82, 2.24) is 19.3 Å². The topological polar surface area (TPSA) is 79.5 Å². The summed E-state index contributed by atoms with van der Waals surface area (Å²) >= 11 is 3.31. The molecule has 0 saturated carbocycles. The molecule has 9 heteroatoms. The number of nitrogens with zero attached hydrogens (tertiary/aromatic N) is 4. The second kappa shape index (κ2) is 6.68. The smallest absolute Gasteiger partial charge is 0.243 e. The van der Waals surface area contributed by atoms with Crippen LogP contribution in [0.2, 0.25) is 0 Å². The summed E-state index contributed by atoms with van der Waals surface area (Å²) in [6.07, 6.45) is 0. The van der Waals surface area contributed by atoms with E-state index in [0.717, 1.165) is 4.47 Å². The summed E-state index contributed by atoms with van der Waals surface area (Å²) in [4.78, 5) is 6.62. The van der Waals surface area contributed by atoms with Crippen LogP contribution in [0.5, 0.6) is 0 Å². The van der Waals surface area contributed by atoms with Gasteiger partial charge in [-0.2, -0.15) is 9.29 Å². The molecule has 124 valence electrons. The van der Waals surface area contributed by atoms with Crippen LogP contribution < -0.4 is 0 Å². The molecule has 0 spiro atoms. The van der Waals surface area contributed by atoms with Gasteiger partial charge >= 0.3 is 0 Å². The second-order valence-electron chi connectivity index (χ2n) is 5.36. The molecule has 0 bridgehead atoms. The highest BCUT2D eigenvalue weighted by Gasteiger charge is 2.28. The van der Waals surface area contributed by atoms with Gasteiger partial charge in [0.2, 0.25) is 15.9 Å². The van der Waals surface area contributed by atoms with Gasteiger partial charge in [0.1, 0.15) is 0 Å². The monoisotopic (exact) mass is 400 g/mol. The Kier molecular flexibility index (Phi) is 4.81. The molecule has 0 radical (unpaired) electrons. The van der Waals surface area contributed by atoms with Crippen molar-refractivity contribution >= 4 is 26.0 Å². The number of piperazine rings is 1. The maximum absolute atomic E-state index is 12.6. The quantitative estimate of drug-likeness (QED) is 0.775. The fourth-order valence-corrected chi connectivity index (χ4v) is 4.18. The molecule has 0 N–H and O–H groups in total. The van der Waals surface area contributed by atoms with Crippen molar-refractivity contribution in [2.24, 2.45) is 0 Å². The van der Waals surface area contributed by atoms with E-state index in [1.54, 1.807) is 31.2 Å². The lowest BCUT2D eigenvalue weighted by molar-refractivity contribution is 0.176. The maximum Gasteiger partial charge on any atom is 0.243 e. The molecule has 1 aromatic carbocycles. The van der Waals surface area contributed by atoms with Crippen molar-refractivity contribution in [3.63, 3.8) is 0 Å². The zero-order chi connectivity index (χ0) is 16.4. The fraction of sp³-hybridized carbons (Fsp3) is 0.429. The van der Waals surface area contributed by atoms with Crippen molar-refractivity contribution in [3.05, 3.63) is 40.5 Å². The van der Waals surface area contributed by atoms with Crippen molar-refractivity contribution in [2.75, 3.05) is 26.2 Å².